The lowest BCUT2D eigenvalue weighted by atomic mass is 10.1. The third kappa shape index (κ3) is 3.78. The van der Waals surface area contributed by atoms with Gasteiger partial charge in [0, 0.05) is 22.5 Å². The quantitative estimate of drug-likeness (QED) is 0.535. The molecule has 2 atom stereocenters. The van der Waals surface area contributed by atoms with Gasteiger partial charge in [0.05, 0.1) is 13.3 Å². The summed E-state index contributed by atoms with van der Waals surface area (Å²) in [7, 11) is 1.61. The Hall–Kier alpha value is -2.92. The SMILES string of the molecule is COc1cc(/C=N\NC(=O)C2CC2c2cccc(Cl)c2)cc2cccnc12. The molecule has 1 fully saturated rings. The Balaban J connectivity index is 1.42. The summed E-state index contributed by atoms with van der Waals surface area (Å²) in [6.07, 6.45) is 4.16. The molecule has 1 amide bonds. The maximum absolute atomic E-state index is 12.3. The zero-order chi connectivity index (χ0) is 18.8. The van der Waals surface area contributed by atoms with Crippen LogP contribution in [0, 0.1) is 5.92 Å². The van der Waals surface area contributed by atoms with E-state index in [0.717, 1.165) is 28.5 Å². The molecule has 3 aromatic rings. The topological polar surface area (TPSA) is 63.6 Å². The van der Waals surface area contributed by atoms with E-state index < -0.39 is 0 Å². The number of ether oxygens (including phenoxy) is 1. The molecule has 4 rings (SSSR count). The molecule has 27 heavy (non-hydrogen) atoms. The molecular weight excluding hydrogens is 362 g/mol. The van der Waals surface area contributed by atoms with Crippen LogP contribution in [0.1, 0.15) is 23.5 Å². The highest BCUT2D eigenvalue weighted by molar-refractivity contribution is 6.30. The van der Waals surface area contributed by atoms with Crippen molar-refractivity contribution in [2.24, 2.45) is 11.0 Å². The first-order valence-corrected chi connectivity index (χ1v) is 9.04. The molecule has 0 bridgehead atoms. The Labute approximate surface area is 162 Å². The molecule has 1 aliphatic carbocycles. The van der Waals surface area contributed by atoms with Gasteiger partial charge in [-0.3, -0.25) is 9.78 Å². The van der Waals surface area contributed by atoms with E-state index in [2.05, 4.69) is 15.5 Å². The minimum absolute atomic E-state index is 0.0593. The maximum Gasteiger partial charge on any atom is 0.243 e. The summed E-state index contributed by atoms with van der Waals surface area (Å²) >= 11 is 6.02. The molecule has 5 nitrogen and oxygen atoms in total. The fourth-order valence-electron chi connectivity index (χ4n) is 3.25. The van der Waals surface area contributed by atoms with E-state index in [1.54, 1.807) is 19.5 Å². The zero-order valence-electron chi connectivity index (χ0n) is 14.7. The number of rotatable bonds is 5. The number of hydrazone groups is 1. The first-order chi connectivity index (χ1) is 13.2. The number of hydrogen-bond acceptors (Lipinski definition) is 4. The number of nitrogens with one attached hydrogen (secondary N) is 1. The molecule has 0 saturated heterocycles. The minimum atomic E-state index is -0.0781. The van der Waals surface area contributed by atoms with Crippen LogP contribution >= 0.6 is 11.6 Å². The highest BCUT2D eigenvalue weighted by Gasteiger charge is 2.43. The van der Waals surface area contributed by atoms with Crippen LogP contribution < -0.4 is 10.2 Å². The highest BCUT2D eigenvalue weighted by atomic mass is 35.5. The average Bonchev–Trinajstić information content (AvgIpc) is 3.48. The number of aromatic nitrogens is 1. The predicted molar refractivity (Wildman–Crippen MR) is 106 cm³/mol. The molecule has 0 aliphatic heterocycles. The van der Waals surface area contributed by atoms with Crippen LogP contribution in [-0.4, -0.2) is 24.2 Å². The fraction of sp³-hybridized carbons (Fsp3) is 0.190. The fourth-order valence-corrected chi connectivity index (χ4v) is 3.45. The van der Waals surface area contributed by atoms with E-state index in [1.165, 1.54) is 0 Å². The number of nitrogens with zero attached hydrogens (tertiary/aromatic N) is 2. The number of pyridine rings is 1. The van der Waals surface area contributed by atoms with Gasteiger partial charge in [-0.25, -0.2) is 5.43 Å². The van der Waals surface area contributed by atoms with Gasteiger partial charge < -0.3 is 4.74 Å². The second kappa shape index (κ2) is 7.37. The number of benzene rings is 2. The van der Waals surface area contributed by atoms with Crippen LogP contribution in [0.3, 0.4) is 0 Å². The summed E-state index contributed by atoms with van der Waals surface area (Å²) in [5, 5.41) is 5.75. The van der Waals surface area contributed by atoms with Crippen molar-refractivity contribution in [3.63, 3.8) is 0 Å². The first-order valence-electron chi connectivity index (χ1n) is 8.67. The Morgan fingerprint density at radius 2 is 2.19 bits per heavy atom. The van der Waals surface area contributed by atoms with Crippen LogP contribution in [0.4, 0.5) is 0 Å². The van der Waals surface area contributed by atoms with Crippen molar-refractivity contribution in [2.75, 3.05) is 7.11 Å². The largest absolute Gasteiger partial charge is 0.494 e. The summed E-state index contributed by atoms with van der Waals surface area (Å²) in [5.41, 5.74) is 5.35. The van der Waals surface area contributed by atoms with Crippen LogP contribution in [0.15, 0.2) is 59.8 Å². The van der Waals surface area contributed by atoms with Crippen molar-refractivity contribution in [1.29, 1.82) is 0 Å². The third-order valence-corrected chi connectivity index (χ3v) is 4.94. The Morgan fingerprint density at radius 3 is 3.00 bits per heavy atom. The molecule has 1 aromatic heterocycles. The number of fused-ring (bicyclic) bond motifs is 1. The van der Waals surface area contributed by atoms with Gasteiger partial charge in [0.15, 0.2) is 0 Å². The van der Waals surface area contributed by atoms with Gasteiger partial charge in [-0.15, -0.1) is 0 Å². The minimum Gasteiger partial charge on any atom is -0.494 e. The molecule has 0 spiro atoms. The lowest BCUT2D eigenvalue weighted by molar-refractivity contribution is -0.122. The van der Waals surface area contributed by atoms with Gasteiger partial charge in [-0.2, -0.15) is 5.10 Å². The number of amides is 1. The number of halogens is 1. The molecular formula is C21H18ClN3O2. The van der Waals surface area contributed by atoms with Gasteiger partial charge >= 0.3 is 0 Å². The summed E-state index contributed by atoms with van der Waals surface area (Å²) in [5.74, 6) is 0.747. The average molecular weight is 380 g/mol. The first kappa shape index (κ1) is 17.5. The van der Waals surface area contributed by atoms with Gasteiger partial charge in [-0.05, 0) is 53.8 Å². The standard InChI is InChI=1S/C21H18ClN3O2/c1-27-19-9-13(8-15-5-3-7-23-20(15)19)12-24-25-21(26)18-11-17(18)14-4-2-6-16(22)10-14/h2-10,12,17-18H,11H2,1H3,(H,25,26)/b24-12-. The van der Waals surface area contributed by atoms with Gasteiger partial charge in [-0.1, -0.05) is 29.8 Å². The van der Waals surface area contributed by atoms with Gasteiger partial charge in [0.25, 0.3) is 0 Å². The van der Waals surface area contributed by atoms with Crippen LogP contribution in [-0.2, 0) is 4.79 Å². The number of carbonyl (C=O) groups excluding carboxylic acids is 1. The highest BCUT2D eigenvalue weighted by Crippen LogP contribution is 2.47. The van der Waals surface area contributed by atoms with Gasteiger partial charge in [0.2, 0.25) is 5.91 Å². The van der Waals surface area contributed by atoms with Crippen LogP contribution in [0.5, 0.6) is 5.75 Å². The molecule has 136 valence electrons. The zero-order valence-corrected chi connectivity index (χ0v) is 15.5. The monoisotopic (exact) mass is 379 g/mol. The smallest absolute Gasteiger partial charge is 0.243 e. The van der Waals surface area contributed by atoms with E-state index in [-0.39, 0.29) is 17.7 Å². The molecule has 6 heteroatoms. The molecule has 1 saturated carbocycles. The van der Waals surface area contributed by atoms with E-state index >= 15 is 0 Å². The van der Waals surface area contributed by atoms with E-state index in [4.69, 9.17) is 16.3 Å². The molecule has 1 heterocycles. The lowest BCUT2D eigenvalue weighted by Crippen LogP contribution is -2.20. The van der Waals surface area contributed by atoms with Crippen molar-refractivity contribution in [3.05, 3.63) is 70.9 Å². The molecule has 0 radical (unpaired) electrons. The Morgan fingerprint density at radius 1 is 1.30 bits per heavy atom. The molecule has 2 unspecified atom stereocenters. The number of hydrogen-bond donors (Lipinski definition) is 1. The summed E-state index contributed by atoms with van der Waals surface area (Å²) in [6.45, 7) is 0. The maximum atomic E-state index is 12.3. The van der Waals surface area contributed by atoms with Crippen LogP contribution in [0.2, 0.25) is 5.02 Å². The van der Waals surface area contributed by atoms with E-state index in [0.29, 0.717) is 10.8 Å². The Kier molecular flexibility index (Phi) is 4.77. The van der Waals surface area contributed by atoms with Gasteiger partial charge in [0.1, 0.15) is 11.3 Å². The van der Waals surface area contributed by atoms with Crippen LogP contribution in [0.25, 0.3) is 10.9 Å². The second-order valence-corrected chi connectivity index (χ2v) is 6.97. The summed E-state index contributed by atoms with van der Waals surface area (Å²) < 4.78 is 5.39. The third-order valence-electron chi connectivity index (χ3n) is 4.70. The predicted octanol–water partition coefficient (Wildman–Crippen LogP) is 4.15. The van der Waals surface area contributed by atoms with E-state index in [1.807, 2.05) is 48.5 Å². The van der Waals surface area contributed by atoms with Crippen molar-refractivity contribution in [2.45, 2.75) is 12.3 Å². The number of methoxy groups -OCH3 is 1. The molecule has 2 aromatic carbocycles. The van der Waals surface area contributed by atoms with Crippen molar-refractivity contribution in [1.82, 2.24) is 10.4 Å². The van der Waals surface area contributed by atoms with Crippen molar-refractivity contribution >= 4 is 34.6 Å². The summed E-state index contributed by atoms with van der Waals surface area (Å²) in [6, 6.07) is 15.3. The Bertz CT molecular complexity index is 1030. The van der Waals surface area contributed by atoms with Crippen molar-refractivity contribution < 1.29 is 9.53 Å². The number of carbonyl (C=O) groups is 1. The summed E-state index contributed by atoms with van der Waals surface area (Å²) in [4.78, 5) is 16.6. The molecule has 1 N–H and O–H groups in total. The second-order valence-electron chi connectivity index (χ2n) is 6.54. The van der Waals surface area contributed by atoms with Crippen molar-refractivity contribution in [3.8, 4) is 5.75 Å². The molecule has 1 aliphatic rings. The normalized spacial score (nSPS) is 18.6. The van der Waals surface area contributed by atoms with E-state index in [9.17, 15) is 4.79 Å². The lowest BCUT2D eigenvalue weighted by Gasteiger charge is -2.06.